The molecule has 1 heterocycles. The van der Waals surface area contributed by atoms with Gasteiger partial charge in [-0.3, -0.25) is 14.9 Å². The van der Waals surface area contributed by atoms with Gasteiger partial charge in [-0.2, -0.15) is 9.78 Å². The highest BCUT2D eigenvalue weighted by molar-refractivity contribution is 9.10. The summed E-state index contributed by atoms with van der Waals surface area (Å²) < 4.78 is 7.29. The standard InChI is InChI=1S/C22H18BrClN4O4/c1-5-8-32-19-13(9-15(24)11-18(19)28(30)31)12-25-27-20(29)16-10-14(23)6-7-17(16)26-21(27)22(2,3)4/h1,6-7,9-12H,8H2,2-4H3. The third kappa shape index (κ3) is 4.82. The van der Waals surface area contributed by atoms with E-state index in [2.05, 4.69) is 31.9 Å². The minimum Gasteiger partial charge on any atom is -0.473 e. The third-order valence-electron chi connectivity index (χ3n) is 4.35. The van der Waals surface area contributed by atoms with Crippen LogP contribution < -0.4 is 10.3 Å². The maximum Gasteiger partial charge on any atom is 0.313 e. The van der Waals surface area contributed by atoms with Crippen LogP contribution in [0.5, 0.6) is 5.75 Å². The van der Waals surface area contributed by atoms with E-state index in [1.165, 1.54) is 17.0 Å². The van der Waals surface area contributed by atoms with Crippen molar-refractivity contribution in [1.29, 1.82) is 0 Å². The molecule has 0 fully saturated rings. The average molecular weight is 518 g/mol. The van der Waals surface area contributed by atoms with Crippen molar-refractivity contribution in [3.8, 4) is 18.1 Å². The fraction of sp³-hybridized carbons (Fsp3) is 0.227. The molecule has 0 saturated carbocycles. The van der Waals surface area contributed by atoms with E-state index in [0.717, 1.165) is 10.5 Å². The molecule has 10 heteroatoms. The fourth-order valence-corrected chi connectivity index (χ4v) is 3.55. The Bertz CT molecular complexity index is 1350. The van der Waals surface area contributed by atoms with E-state index in [0.29, 0.717) is 16.7 Å². The highest BCUT2D eigenvalue weighted by atomic mass is 79.9. The summed E-state index contributed by atoms with van der Waals surface area (Å²) in [5.41, 5.74) is -0.550. The van der Waals surface area contributed by atoms with E-state index in [4.69, 9.17) is 22.8 Å². The van der Waals surface area contributed by atoms with Gasteiger partial charge in [0.15, 0.2) is 0 Å². The van der Waals surface area contributed by atoms with Crippen molar-refractivity contribution in [2.75, 3.05) is 6.61 Å². The van der Waals surface area contributed by atoms with Gasteiger partial charge in [-0.05, 0) is 24.3 Å². The van der Waals surface area contributed by atoms with E-state index < -0.39 is 10.3 Å². The quantitative estimate of drug-likeness (QED) is 0.207. The van der Waals surface area contributed by atoms with Gasteiger partial charge in [0.25, 0.3) is 5.56 Å². The zero-order valence-corrected chi connectivity index (χ0v) is 19.8. The summed E-state index contributed by atoms with van der Waals surface area (Å²) in [5, 5.41) is 16.3. The Hall–Kier alpha value is -3.22. The Morgan fingerprint density at radius 1 is 1.38 bits per heavy atom. The second kappa shape index (κ2) is 9.10. The first-order chi connectivity index (χ1) is 15.0. The monoisotopic (exact) mass is 516 g/mol. The molecule has 0 aliphatic heterocycles. The maximum absolute atomic E-state index is 13.3. The van der Waals surface area contributed by atoms with E-state index in [-0.39, 0.29) is 34.2 Å². The zero-order valence-electron chi connectivity index (χ0n) is 17.4. The predicted octanol–water partition coefficient (Wildman–Crippen LogP) is 4.91. The normalized spacial score (nSPS) is 11.6. The summed E-state index contributed by atoms with van der Waals surface area (Å²) in [6, 6.07) is 7.81. The number of terminal acetylenes is 1. The fourth-order valence-electron chi connectivity index (χ4n) is 2.96. The maximum atomic E-state index is 13.3. The molecular formula is C22H18BrClN4O4. The lowest BCUT2D eigenvalue weighted by Gasteiger charge is -2.21. The molecule has 0 saturated heterocycles. The zero-order chi connectivity index (χ0) is 23.6. The number of hydrogen-bond acceptors (Lipinski definition) is 6. The molecule has 32 heavy (non-hydrogen) atoms. The Labute approximate surface area is 197 Å². The molecule has 0 aliphatic carbocycles. The van der Waals surface area contributed by atoms with Crippen LogP contribution in [0.4, 0.5) is 5.69 Å². The Kier molecular flexibility index (Phi) is 6.67. The van der Waals surface area contributed by atoms with Crippen LogP contribution in [-0.2, 0) is 5.41 Å². The summed E-state index contributed by atoms with van der Waals surface area (Å²) in [6.45, 7) is 5.51. The lowest BCUT2D eigenvalue weighted by molar-refractivity contribution is -0.385. The van der Waals surface area contributed by atoms with Crippen molar-refractivity contribution < 1.29 is 9.66 Å². The van der Waals surface area contributed by atoms with Crippen LogP contribution in [0.2, 0.25) is 5.02 Å². The van der Waals surface area contributed by atoms with E-state index in [9.17, 15) is 14.9 Å². The summed E-state index contributed by atoms with van der Waals surface area (Å²) >= 11 is 9.43. The molecule has 1 aromatic heterocycles. The number of benzene rings is 2. The first-order valence-electron chi connectivity index (χ1n) is 9.34. The summed E-state index contributed by atoms with van der Waals surface area (Å²) in [7, 11) is 0. The van der Waals surface area contributed by atoms with Crippen LogP contribution in [0.25, 0.3) is 10.9 Å². The number of fused-ring (bicyclic) bond motifs is 1. The highest BCUT2D eigenvalue weighted by Crippen LogP contribution is 2.34. The third-order valence-corrected chi connectivity index (χ3v) is 5.06. The molecule has 0 bridgehead atoms. The number of halogens is 2. The summed E-state index contributed by atoms with van der Waals surface area (Å²) in [4.78, 5) is 28.8. The molecule has 3 aromatic rings. The van der Waals surface area contributed by atoms with Gasteiger partial charge in [-0.1, -0.05) is 54.2 Å². The predicted molar refractivity (Wildman–Crippen MR) is 128 cm³/mol. The van der Waals surface area contributed by atoms with E-state index in [1.54, 1.807) is 18.2 Å². The molecule has 0 unspecified atom stereocenters. The Morgan fingerprint density at radius 2 is 2.09 bits per heavy atom. The van der Waals surface area contributed by atoms with Crippen molar-refractivity contribution in [2.24, 2.45) is 5.10 Å². The van der Waals surface area contributed by atoms with Gasteiger partial charge in [-0.25, -0.2) is 4.98 Å². The van der Waals surface area contributed by atoms with Gasteiger partial charge >= 0.3 is 5.69 Å². The van der Waals surface area contributed by atoms with Crippen LogP contribution >= 0.6 is 27.5 Å². The highest BCUT2D eigenvalue weighted by Gasteiger charge is 2.24. The molecule has 164 valence electrons. The molecule has 0 atom stereocenters. The second-order valence-corrected chi connectivity index (χ2v) is 9.15. The minimum absolute atomic E-state index is 0.0945. The second-order valence-electron chi connectivity index (χ2n) is 7.80. The SMILES string of the molecule is C#CCOc1c(C=Nn2c(C(C)(C)C)nc3ccc(Br)cc3c2=O)cc(Cl)cc1[N+](=O)[O-]. The van der Waals surface area contributed by atoms with Gasteiger partial charge in [0.1, 0.15) is 12.4 Å². The van der Waals surface area contributed by atoms with Crippen molar-refractivity contribution in [3.05, 3.63) is 71.7 Å². The van der Waals surface area contributed by atoms with Crippen molar-refractivity contribution >= 4 is 50.3 Å². The number of aromatic nitrogens is 2. The summed E-state index contributed by atoms with van der Waals surface area (Å²) in [6.07, 6.45) is 6.51. The largest absolute Gasteiger partial charge is 0.473 e. The lowest BCUT2D eigenvalue weighted by atomic mass is 9.95. The molecule has 3 rings (SSSR count). The molecule has 8 nitrogen and oxygen atoms in total. The van der Waals surface area contributed by atoms with Crippen LogP contribution in [0.15, 0.2) is 44.7 Å². The number of nitro benzene ring substituents is 1. The number of nitrogens with zero attached hydrogens (tertiary/aromatic N) is 4. The number of rotatable bonds is 5. The number of nitro groups is 1. The minimum atomic E-state index is -0.628. The Morgan fingerprint density at radius 3 is 2.72 bits per heavy atom. The molecule has 2 aromatic carbocycles. The number of hydrogen-bond donors (Lipinski definition) is 0. The average Bonchev–Trinajstić information content (AvgIpc) is 2.71. The number of ether oxygens (including phenoxy) is 1. The molecule has 0 spiro atoms. The lowest BCUT2D eigenvalue weighted by Crippen LogP contribution is -2.29. The molecule has 0 amide bonds. The van der Waals surface area contributed by atoms with Crippen LogP contribution in [-0.4, -0.2) is 27.4 Å². The topological polar surface area (TPSA) is 99.6 Å². The van der Waals surface area contributed by atoms with E-state index in [1.807, 2.05) is 20.8 Å². The van der Waals surface area contributed by atoms with Crippen molar-refractivity contribution in [3.63, 3.8) is 0 Å². The Balaban J connectivity index is 2.27. The van der Waals surface area contributed by atoms with Crippen LogP contribution in [0, 0.1) is 22.5 Å². The van der Waals surface area contributed by atoms with Crippen LogP contribution in [0.3, 0.4) is 0 Å². The van der Waals surface area contributed by atoms with Crippen molar-refractivity contribution in [1.82, 2.24) is 9.66 Å². The smallest absolute Gasteiger partial charge is 0.313 e. The van der Waals surface area contributed by atoms with Gasteiger partial charge in [0.05, 0.1) is 22.0 Å². The molecule has 0 N–H and O–H groups in total. The first-order valence-corrected chi connectivity index (χ1v) is 10.5. The van der Waals surface area contributed by atoms with Gasteiger partial charge < -0.3 is 4.74 Å². The van der Waals surface area contributed by atoms with Gasteiger partial charge in [0.2, 0.25) is 5.75 Å². The summed E-state index contributed by atoms with van der Waals surface area (Å²) in [5.74, 6) is 2.59. The molecular weight excluding hydrogens is 500 g/mol. The van der Waals surface area contributed by atoms with E-state index >= 15 is 0 Å². The molecule has 0 aliphatic rings. The van der Waals surface area contributed by atoms with Crippen LogP contribution in [0.1, 0.15) is 32.2 Å². The van der Waals surface area contributed by atoms with Gasteiger partial charge in [-0.15, -0.1) is 6.42 Å². The molecule has 0 radical (unpaired) electrons. The van der Waals surface area contributed by atoms with Gasteiger partial charge in [0, 0.05) is 26.5 Å². The first kappa shape index (κ1) is 23.4. The van der Waals surface area contributed by atoms with Crippen molar-refractivity contribution in [2.45, 2.75) is 26.2 Å².